The van der Waals surface area contributed by atoms with Gasteiger partial charge in [-0.15, -0.1) is 11.3 Å². The van der Waals surface area contributed by atoms with Gasteiger partial charge < -0.3 is 4.90 Å². The van der Waals surface area contributed by atoms with Crippen LogP contribution in [0.15, 0.2) is 34.0 Å². The minimum Gasteiger partial charge on any atom is -0.343 e. The number of benzene rings is 1. The number of carbonyl (C=O) groups excluding carboxylic acids is 1. The van der Waals surface area contributed by atoms with Crippen LogP contribution in [0.1, 0.15) is 13.8 Å². The van der Waals surface area contributed by atoms with Crippen LogP contribution in [0.2, 0.25) is 0 Å². The summed E-state index contributed by atoms with van der Waals surface area (Å²) in [4.78, 5) is 18.2. The number of aromatic nitrogens is 1. The molecule has 3 nitrogen and oxygen atoms in total. The summed E-state index contributed by atoms with van der Waals surface area (Å²) in [6, 6.07) is 6.26. The third-order valence-electron chi connectivity index (χ3n) is 3.06. The Morgan fingerprint density at radius 2 is 1.95 bits per heavy atom. The number of rotatable bonds is 6. The minimum absolute atomic E-state index is 0.128. The predicted octanol–water partition coefficient (Wildman–Crippen LogP) is 3.91. The molecule has 0 fully saturated rings. The Labute approximate surface area is 132 Å². The summed E-state index contributed by atoms with van der Waals surface area (Å²) in [7, 11) is 0. The van der Waals surface area contributed by atoms with Crippen molar-refractivity contribution in [1.29, 1.82) is 0 Å². The standard InChI is InChI=1S/C15H17FN2OS2/c1-3-18(4-2)14(19)10-21-15-17-13(9-20-15)11-5-7-12(16)8-6-11/h5-9H,3-4,10H2,1-2H3. The first-order valence-electron chi connectivity index (χ1n) is 6.76. The van der Waals surface area contributed by atoms with Crippen LogP contribution in [0.4, 0.5) is 4.39 Å². The molecule has 2 aromatic rings. The van der Waals surface area contributed by atoms with E-state index >= 15 is 0 Å². The summed E-state index contributed by atoms with van der Waals surface area (Å²) in [6.07, 6.45) is 0. The molecule has 0 aliphatic carbocycles. The molecule has 0 spiro atoms. The lowest BCUT2D eigenvalue weighted by molar-refractivity contribution is -0.127. The molecule has 0 saturated carbocycles. The van der Waals surface area contributed by atoms with Gasteiger partial charge in [0.25, 0.3) is 0 Å². The van der Waals surface area contributed by atoms with Crippen LogP contribution in [0, 0.1) is 5.82 Å². The number of nitrogens with zero attached hydrogens (tertiary/aromatic N) is 2. The zero-order valence-corrected chi connectivity index (χ0v) is 13.6. The summed E-state index contributed by atoms with van der Waals surface area (Å²) in [5, 5.41) is 1.93. The van der Waals surface area contributed by atoms with Crippen molar-refractivity contribution in [2.45, 2.75) is 18.2 Å². The molecule has 0 radical (unpaired) electrons. The first-order valence-corrected chi connectivity index (χ1v) is 8.62. The predicted molar refractivity (Wildman–Crippen MR) is 86.2 cm³/mol. The van der Waals surface area contributed by atoms with Gasteiger partial charge in [0.15, 0.2) is 4.34 Å². The molecule has 0 unspecified atom stereocenters. The number of thiazole rings is 1. The van der Waals surface area contributed by atoms with Crippen molar-refractivity contribution in [3.63, 3.8) is 0 Å². The average molecular weight is 324 g/mol. The SMILES string of the molecule is CCN(CC)C(=O)CSc1nc(-c2ccc(F)cc2)cs1. The quantitative estimate of drug-likeness (QED) is 0.755. The van der Waals surface area contributed by atoms with Gasteiger partial charge >= 0.3 is 0 Å². The van der Waals surface area contributed by atoms with Crippen molar-refractivity contribution >= 4 is 29.0 Å². The van der Waals surface area contributed by atoms with E-state index in [1.165, 1.54) is 35.2 Å². The van der Waals surface area contributed by atoms with Crippen LogP contribution in [0.5, 0.6) is 0 Å². The number of thioether (sulfide) groups is 1. The van der Waals surface area contributed by atoms with E-state index in [-0.39, 0.29) is 11.7 Å². The van der Waals surface area contributed by atoms with Crippen molar-refractivity contribution in [3.8, 4) is 11.3 Å². The van der Waals surface area contributed by atoms with Crippen LogP contribution in [0.25, 0.3) is 11.3 Å². The van der Waals surface area contributed by atoms with Crippen molar-refractivity contribution in [3.05, 3.63) is 35.5 Å². The molecule has 1 amide bonds. The van der Waals surface area contributed by atoms with E-state index in [1.807, 2.05) is 24.1 Å². The third kappa shape index (κ3) is 4.28. The Bertz CT molecular complexity index is 594. The lowest BCUT2D eigenvalue weighted by Crippen LogP contribution is -2.31. The first-order chi connectivity index (χ1) is 10.1. The molecule has 0 saturated heterocycles. The van der Waals surface area contributed by atoms with Crippen LogP contribution in [-0.2, 0) is 4.79 Å². The van der Waals surface area contributed by atoms with Gasteiger partial charge in [-0.1, -0.05) is 11.8 Å². The molecule has 0 N–H and O–H groups in total. The van der Waals surface area contributed by atoms with E-state index in [0.717, 1.165) is 28.7 Å². The number of amides is 1. The maximum atomic E-state index is 12.9. The lowest BCUT2D eigenvalue weighted by atomic mass is 10.2. The minimum atomic E-state index is -0.256. The van der Waals surface area contributed by atoms with E-state index in [1.54, 1.807) is 12.1 Å². The lowest BCUT2D eigenvalue weighted by Gasteiger charge is -2.17. The van der Waals surface area contributed by atoms with Crippen molar-refractivity contribution < 1.29 is 9.18 Å². The molecule has 1 aromatic heterocycles. The molecule has 0 bridgehead atoms. The zero-order chi connectivity index (χ0) is 15.2. The fourth-order valence-corrected chi connectivity index (χ4v) is 3.61. The smallest absolute Gasteiger partial charge is 0.232 e. The van der Waals surface area contributed by atoms with E-state index in [0.29, 0.717) is 5.75 Å². The van der Waals surface area contributed by atoms with Crippen molar-refractivity contribution in [2.75, 3.05) is 18.8 Å². The van der Waals surface area contributed by atoms with Crippen LogP contribution >= 0.6 is 23.1 Å². The fraction of sp³-hybridized carbons (Fsp3) is 0.333. The molecule has 112 valence electrons. The maximum Gasteiger partial charge on any atom is 0.232 e. The van der Waals surface area contributed by atoms with Crippen molar-refractivity contribution in [2.24, 2.45) is 0 Å². The highest BCUT2D eigenvalue weighted by Gasteiger charge is 2.12. The van der Waals surface area contributed by atoms with Crippen LogP contribution in [0.3, 0.4) is 0 Å². The highest BCUT2D eigenvalue weighted by molar-refractivity contribution is 8.01. The number of carbonyl (C=O) groups is 1. The Morgan fingerprint density at radius 3 is 2.57 bits per heavy atom. The summed E-state index contributed by atoms with van der Waals surface area (Å²) in [6.45, 7) is 5.41. The summed E-state index contributed by atoms with van der Waals surface area (Å²) < 4.78 is 13.8. The normalized spacial score (nSPS) is 10.6. The molecular weight excluding hydrogens is 307 g/mol. The van der Waals surface area contributed by atoms with Gasteiger partial charge in [-0.05, 0) is 38.1 Å². The maximum absolute atomic E-state index is 12.9. The summed E-state index contributed by atoms with van der Waals surface area (Å²) in [5.41, 5.74) is 1.70. The molecule has 1 heterocycles. The van der Waals surface area contributed by atoms with Crippen molar-refractivity contribution in [1.82, 2.24) is 9.88 Å². The zero-order valence-electron chi connectivity index (χ0n) is 12.0. The van der Waals surface area contributed by atoms with E-state index in [2.05, 4.69) is 4.98 Å². The number of hydrogen-bond acceptors (Lipinski definition) is 4. The van der Waals surface area contributed by atoms with Gasteiger partial charge in [0, 0.05) is 24.0 Å². The van der Waals surface area contributed by atoms with Gasteiger partial charge in [0.2, 0.25) is 5.91 Å². The number of hydrogen-bond donors (Lipinski definition) is 0. The van der Waals surface area contributed by atoms with Gasteiger partial charge in [0.1, 0.15) is 5.82 Å². The molecule has 0 atom stereocenters. The second-order valence-electron chi connectivity index (χ2n) is 4.36. The van der Waals surface area contributed by atoms with E-state index < -0.39 is 0 Å². The number of halogens is 1. The fourth-order valence-electron chi connectivity index (χ4n) is 1.87. The topological polar surface area (TPSA) is 33.2 Å². The highest BCUT2D eigenvalue weighted by Crippen LogP contribution is 2.28. The molecule has 2 rings (SSSR count). The molecule has 21 heavy (non-hydrogen) atoms. The second-order valence-corrected chi connectivity index (χ2v) is 6.44. The highest BCUT2D eigenvalue weighted by atomic mass is 32.2. The molecule has 6 heteroatoms. The summed E-state index contributed by atoms with van der Waals surface area (Å²) in [5.74, 6) is 0.273. The molecule has 0 aliphatic rings. The van der Waals surface area contributed by atoms with Crippen LogP contribution in [-0.4, -0.2) is 34.6 Å². The van der Waals surface area contributed by atoms with Gasteiger partial charge in [-0.3, -0.25) is 4.79 Å². The largest absolute Gasteiger partial charge is 0.343 e. The van der Waals surface area contributed by atoms with Crippen LogP contribution < -0.4 is 0 Å². The van der Waals surface area contributed by atoms with E-state index in [9.17, 15) is 9.18 Å². The summed E-state index contributed by atoms with van der Waals surface area (Å²) >= 11 is 2.95. The molecule has 1 aromatic carbocycles. The van der Waals surface area contributed by atoms with Gasteiger partial charge in [-0.2, -0.15) is 0 Å². The van der Waals surface area contributed by atoms with Gasteiger partial charge in [0.05, 0.1) is 11.4 Å². The Kier molecular flexibility index (Phi) is 5.76. The van der Waals surface area contributed by atoms with Gasteiger partial charge in [-0.25, -0.2) is 9.37 Å². The monoisotopic (exact) mass is 324 g/mol. The Hall–Kier alpha value is -1.40. The third-order valence-corrected chi connectivity index (χ3v) is 5.06. The first kappa shape index (κ1) is 16.0. The molecule has 0 aliphatic heterocycles. The Morgan fingerprint density at radius 1 is 1.29 bits per heavy atom. The average Bonchev–Trinajstić information content (AvgIpc) is 2.96. The Balaban J connectivity index is 1.97. The molecular formula is C15H17FN2OS2. The van der Waals surface area contributed by atoms with E-state index in [4.69, 9.17) is 0 Å². The second kappa shape index (κ2) is 7.56.